The molecule has 9 heteroatoms. The quantitative estimate of drug-likeness (QED) is 0.339. The highest BCUT2D eigenvalue weighted by molar-refractivity contribution is 6.10. The number of ether oxygens (including phenoxy) is 3. The summed E-state index contributed by atoms with van der Waals surface area (Å²) in [7, 11) is 2.99. The zero-order valence-electron chi connectivity index (χ0n) is 20.5. The van der Waals surface area contributed by atoms with Gasteiger partial charge in [0, 0.05) is 28.9 Å². The van der Waals surface area contributed by atoms with Crippen LogP contribution in [0, 0.1) is 5.82 Å². The minimum Gasteiger partial charge on any atom is -0.494 e. The summed E-state index contributed by atoms with van der Waals surface area (Å²) in [6.45, 7) is 2.08. The van der Waals surface area contributed by atoms with E-state index in [9.17, 15) is 18.8 Å². The Balaban J connectivity index is 1.69. The number of amides is 1. The van der Waals surface area contributed by atoms with Gasteiger partial charge in [-0.25, -0.2) is 4.39 Å². The zero-order valence-corrected chi connectivity index (χ0v) is 20.5. The van der Waals surface area contributed by atoms with E-state index in [1.54, 1.807) is 42.5 Å². The Morgan fingerprint density at radius 1 is 0.946 bits per heavy atom. The molecule has 0 spiro atoms. The maximum Gasteiger partial charge on any atom is 0.244 e. The fraction of sp³-hybridized carbons (Fsp3) is 0.179. The molecule has 8 nitrogen and oxygen atoms in total. The lowest BCUT2D eigenvalue weighted by molar-refractivity contribution is -0.116. The van der Waals surface area contributed by atoms with Gasteiger partial charge >= 0.3 is 0 Å². The number of anilines is 1. The third kappa shape index (κ3) is 5.45. The molecule has 0 aliphatic rings. The Morgan fingerprint density at radius 3 is 2.35 bits per heavy atom. The fourth-order valence-electron chi connectivity index (χ4n) is 3.96. The summed E-state index contributed by atoms with van der Waals surface area (Å²) in [5, 5.41) is 2.76. The van der Waals surface area contributed by atoms with E-state index in [0.29, 0.717) is 35.1 Å². The first-order valence-corrected chi connectivity index (χ1v) is 11.5. The lowest BCUT2D eigenvalue weighted by atomic mass is 10.0. The van der Waals surface area contributed by atoms with E-state index < -0.39 is 22.9 Å². The molecule has 4 aromatic rings. The van der Waals surface area contributed by atoms with Crippen LogP contribution in [-0.2, 0) is 11.3 Å². The van der Waals surface area contributed by atoms with E-state index >= 15 is 0 Å². The van der Waals surface area contributed by atoms with Crippen molar-refractivity contribution >= 4 is 28.3 Å². The molecule has 1 N–H and O–H groups in total. The second kappa shape index (κ2) is 10.9. The summed E-state index contributed by atoms with van der Waals surface area (Å²) in [4.78, 5) is 39.4. The van der Waals surface area contributed by atoms with Crippen LogP contribution < -0.4 is 25.0 Å². The normalized spacial score (nSPS) is 10.7. The molecule has 1 amide bonds. The number of nitrogens with zero attached hydrogens (tertiary/aromatic N) is 1. The lowest BCUT2D eigenvalue weighted by Gasteiger charge is -2.14. The van der Waals surface area contributed by atoms with E-state index in [-0.39, 0.29) is 23.1 Å². The Bertz CT molecular complexity index is 1530. The molecule has 0 radical (unpaired) electrons. The number of hydrogen-bond acceptors (Lipinski definition) is 6. The van der Waals surface area contributed by atoms with E-state index in [1.165, 1.54) is 37.1 Å². The molecule has 0 unspecified atom stereocenters. The van der Waals surface area contributed by atoms with Crippen molar-refractivity contribution in [3.63, 3.8) is 0 Å². The molecule has 0 saturated heterocycles. The number of benzene rings is 3. The number of carbonyl (C=O) groups excluding carboxylic acids is 2. The second-order valence-electron chi connectivity index (χ2n) is 8.07. The summed E-state index contributed by atoms with van der Waals surface area (Å²) in [5.74, 6) is -0.0751. The standard InChI is InChI=1S/C28H25FN2O6/c1-4-37-20-9-5-17(6-10-20)27(33)22-15-31(23-11-7-18(29)13-21(23)28(22)34)16-26(32)30-19-8-12-24(35-2)25(14-19)36-3/h5-15H,4,16H2,1-3H3,(H,30,32). The molecule has 0 aliphatic heterocycles. The van der Waals surface area contributed by atoms with Crippen LogP contribution in [0.2, 0.25) is 0 Å². The first-order valence-electron chi connectivity index (χ1n) is 11.5. The van der Waals surface area contributed by atoms with Crippen LogP contribution in [0.5, 0.6) is 17.2 Å². The molecule has 4 rings (SSSR count). The van der Waals surface area contributed by atoms with Crippen LogP contribution in [0.3, 0.4) is 0 Å². The average molecular weight is 505 g/mol. The number of rotatable bonds is 9. The lowest BCUT2D eigenvalue weighted by Crippen LogP contribution is -2.24. The Hall–Kier alpha value is -4.66. The number of ketones is 1. The molecule has 0 saturated carbocycles. The SMILES string of the molecule is CCOc1ccc(C(=O)c2cn(CC(=O)Nc3ccc(OC)c(OC)c3)c3ccc(F)cc3c2=O)cc1. The molecular weight excluding hydrogens is 479 g/mol. The molecule has 0 aliphatic carbocycles. The van der Waals surface area contributed by atoms with Gasteiger partial charge in [-0.15, -0.1) is 0 Å². The number of carbonyl (C=O) groups is 2. The monoisotopic (exact) mass is 504 g/mol. The molecular formula is C28H25FN2O6. The number of methoxy groups -OCH3 is 2. The number of hydrogen-bond donors (Lipinski definition) is 1. The molecule has 0 bridgehead atoms. The van der Waals surface area contributed by atoms with Crippen molar-refractivity contribution < 1.29 is 28.2 Å². The topological polar surface area (TPSA) is 95.9 Å². The highest BCUT2D eigenvalue weighted by atomic mass is 19.1. The summed E-state index contributed by atoms with van der Waals surface area (Å²) < 4.78 is 31.4. The van der Waals surface area contributed by atoms with Crippen molar-refractivity contribution in [2.75, 3.05) is 26.1 Å². The van der Waals surface area contributed by atoms with Crippen LogP contribution in [0.25, 0.3) is 10.9 Å². The highest BCUT2D eigenvalue weighted by Gasteiger charge is 2.19. The number of nitrogens with one attached hydrogen (secondary N) is 1. The Morgan fingerprint density at radius 2 is 1.68 bits per heavy atom. The highest BCUT2D eigenvalue weighted by Crippen LogP contribution is 2.29. The first-order chi connectivity index (χ1) is 17.8. The van der Waals surface area contributed by atoms with E-state index in [4.69, 9.17) is 14.2 Å². The second-order valence-corrected chi connectivity index (χ2v) is 8.07. The maximum absolute atomic E-state index is 14.1. The van der Waals surface area contributed by atoms with Gasteiger partial charge in [0.05, 0.1) is 31.9 Å². The van der Waals surface area contributed by atoms with Crippen LogP contribution in [0.4, 0.5) is 10.1 Å². The third-order valence-electron chi connectivity index (χ3n) is 5.70. The van der Waals surface area contributed by atoms with Gasteiger partial charge in [-0.2, -0.15) is 0 Å². The van der Waals surface area contributed by atoms with Crippen molar-refractivity contribution in [1.29, 1.82) is 0 Å². The van der Waals surface area contributed by atoms with Gasteiger partial charge in [-0.3, -0.25) is 14.4 Å². The Kier molecular flexibility index (Phi) is 7.52. The van der Waals surface area contributed by atoms with Gasteiger partial charge in [-0.05, 0) is 61.5 Å². The molecule has 1 heterocycles. The van der Waals surface area contributed by atoms with Gasteiger partial charge in [0.15, 0.2) is 17.3 Å². The van der Waals surface area contributed by atoms with E-state index in [1.807, 2.05) is 6.92 Å². The predicted octanol–water partition coefficient (Wildman–Crippen LogP) is 4.43. The zero-order chi connectivity index (χ0) is 26.5. The molecule has 190 valence electrons. The predicted molar refractivity (Wildman–Crippen MR) is 137 cm³/mol. The third-order valence-corrected chi connectivity index (χ3v) is 5.70. The van der Waals surface area contributed by atoms with Gasteiger partial charge in [0.25, 0.3) is 0 Å². The van der Waals surface area contributed by atoms with Crippen LogP contribution in [0.15, 0.2) is 71.7 Å². The summed E-state index contributed by atoms with van der Waals surface area (Å²) >= 11 is 0. The Labute approximate surface area is 212 Å². The van der Waals surface area contributed by atoms with Crippen molar-refractivity contribution in [2.24, 2.45) is 0 Å². The van der Waals surface area contributed by atoms with Gasteiger partial charge in [0.2, 0.25) is 11.3 Å². The average Bonchev–Trinajstić information content (AvgIpc) is 2.90. The van der Waals surface area contributed by atoms with Crippen LogP contribution in [0.1, 0.15) is 22.8 Å². The van der Waals surface area contributed by atoms with Crippen LogP contribution in [-0.4, -0.2) is 37.1 Å². The van der Waals surface area contributed by atoms with Crippen molar-refractivity contribution in [3.05, 3.63) is 94.0 Å². The molecule has 3 aromatic carbocycles. The van der Waals surface area contributed by atoms with Crippen molar-refractivity contribution in [1.82, 2.24) is 4.57 Å². The minimum absolute atomic E-state index is 0.00398. The van der Waals surface area contributed by atoms with Crippen molar-refractivity contribution in [3.8, 4) is 17.2 Å². The largest absolute Gasteiger partial charge is 0.494 e. The fourth-order valence-corrected chi connectivity index (χ4v) is 3.96. The van der Waals surface area contributed by atoms with Gasteiger partial charge in [0.1, 0.15) is 18.1 Å². The molecule has 0 fully saturated rings. The van der Waals surface area contributed by atoms with Crippen molar-refractivity contribution in [2.45, 2.75) is 13.5 Å². The smallest absolute Gasteiger partial charge is 0.244 e. The van der Waals surface area contributed by atoms with Gasteiger partial charge < -0.3 is 24.1 Å². The van der Waals surface area contributed by atoms with E-state index in [0.717, 1.165) is 6.07 Å². The number of fused-ring (bicyclic) bond motifs is 1. The van der Waals surface area contributed by atoms with E-state index in [2.05, 4.69) is 5.32 Å². The summed E-state index contributed by atoms with van der Waals surface area (Å²) in [5.41, 5.74) is 0.241. The number of pyridine rings is 1. The minimum atomic E-state index is -0.628. The molecule has 1 aromatic heterocycles. The summed E-state index contributed by atoms with van der Waals surface area (Å²) in [6.07, 6.45) is 1.33. The molecule has 0 atom stereocenters. The first kappa shape index (κ1) is 25.4. The number of halogens is 1. The van der Waals surface area contributed by atoms with Gasteiger partial charge in [-0.1, -0.05) is 0 Å². The maximum atomic E-state index is 14.1. The van der Waals surface area contributed by atoms with Crippen LogP contribution >= 0.6 is 0 Å². The number of aromatic nitrogens is 1. The summed E-state index contributed by atoms with van der Waals surface area (Å²) in [6, 6.07) is 14.9. The molecule has 37 heavy (non-hydrogen) atoms.